The van der Waals surface area contributed by atoms with Gasteiger partial charge < -0.3 is 9.47 Å². The molecule has 14 heavy (non-hydrogen) atoms. The van der Waals surface area contributed by atoms with Crippen LogP contribution < -0.4 is 5.32 Å². The lowest BCUT2D eigenvalue weighted by molar-refractivity contribution is -0.142. The van der Waals surface area contributed by atoms with Crippen molar-refractivity contribution in [1.82, 2.24) is 5.32 Å². The van der Waals surface area contributed by atoms with Crippen LogP contribution >= 0.6 is 0 Å². The van der Waals surface area contributed by atoms with E-state index in [1.807, 2.05) is 0 Å². The summed E-state index contributed by atoms with van der Waals surface area (Å²) in [6.45, 7) is 2.66. The normalized spacial score (nSPS) is 41.9. The number of methoxy groups -OCH3 is 1. The van der Waals surface area contributed by atoms with E-state index in [0.717, 1.165) is 12.8 Å². The molecule has 3 unspecified atom stereocenters. The molecule has 4 heteroatoms. The molecule has 0 bridgehead atoms. The Labute approximate surface area is 84.0 Å². The van der Waals surface area contributed by atoms with E-state index in [2.05, 4.69) is 17.0 Å². The first kappa shape index (κ1) is 9.93. The summed E-state index contributed by atoms with van der Waals surface area (Å²) in [6.07, 6.45) is 3.17. The summed E-state index contributed by atoms with van der Waals surface area (Å²) in [5, 5.41) is 3.25. The lowest BCUT2D eigenvalue weighted by atomic mass is 10.1. The van der Waals surface area contributed by atoms with Gasteiger partial charge in [0.1, 0.15) is 11.8 Å². The molecular weight excluding hydrogens is 182 g/mol. The Morgan fingerprint density at radius 2 is 2.43 bits per heavy atom. The number of ether oxygens (including phenoxy) is 2. The summed E-state index contributed by atoms with van der Waals surface area (Å²) in [5.74, 6) is 0.459. The molecular formula is C10H17NO3. The monoisotopic (exact) mass is 199 g/mol. The van der Waals surface area contributed by atoms with Gasteiger partial charge in [-0.1, -0.05) is 6.92 Å². The van der Waals surface area contributed by atoms with Gasteiger partial charge in [0.2, 0.25) is 0 Å². The zero-order chi connectivity index (χ0) is 10.2. The maximum Gasteiger partial charge on any atom is 0.325 e. The minimum atomic E-state index is -0.273. The summed E-state index contributed by atoms with van der Waals surface area (Å²) >= 11 is 0. The lowest BCUT2D eigenvalue weighted by Gasteiger charge is -2.23. The van der Waals surface area contributed by atoms with Crippen LogP contribution in [0.1, 0.15) is 26.2 Å². The minimum absolute atomic E-state index is 0.221. The van der Waals surface area contributed by atoms with Crippen LogP contribution in [0, 0.1) is 5.92 Å². The van der Waals surface area contributed by atoms with Crippen molar-refractivity contribution in [2.75, 3.05) is 13.7 Å². The Morgan fingerprint density at radius 1 is 1.64 bits per heavy atom. The van der Waals surface area contributed by atoms with Gasteiger partial charge in [0, 0.05) is 0 Å². The number of rotatable bonds is 1. The number of hydrogen-bond acceptors (Lipinski definition) is 4. The molecule has 80 valence electrons. The standard InChI is InChI=1S/C10H17NO3/c1-7-3-4-10(5-7)11-8(6-14-10)9(12)13-2/h7-8,11H,3-6H2,1-2H3. The van der Waals surface area contributed by atoms with Crippen LogP contribution in [0.5, 0.6) is 0 Å². The van der Waals surface area contributed by atoms with Gasteiger partial charge in [-0.05, 0) is 25.2 Å². The molecule has 1 saturated heterocycles. The largest absolute Gasteiger partial charge is 0.468 e. The molecule has 1 aliphatic carbocycles. The third-order valence-electron chi connectivity index (χ3n) is 3.17. The molecule has 3 atom stereocenters. The molecule has 2 fully saturated rings. The molecule has 0 aromatic heterocycles. The van der Waals surface area contributed by atoms with Crippen LogP contribution in [0.2, 0.25) is 0 Å². The van der Waals surface area contributed by atoms with Crippen LogP contribution in [0.25, 0.3) is 0 Å². The molecule has 1 spiro atoms. The fourth-order valence-corrected chi connectivity index (χ4v) is 2.42. The quantitative estimate of drug-likeness (QED) is 0.630. The molecule has 0 radical (unpaired) electrons. The summed E-state index contributed by atoms with van der Waals surface area (Å²) < 4.78 is 10.4. The van der Waals surface area contributed by atoms with Crippen LogP contribution in [0.3, 0.4) is 0 Å². The van der Waals surface area contributed by atoms with Crippen molar-refractivity contribution in [3.05, 3.63) is 0 Å². The Balaban J connectivity index is 1.97. The highest BCUT2D eigenvalue weighted by molar-refractivity contribution is 5.76. The van der Waals surface area contributed by atoms with Crippen molar-refractivity contribution in [2.45, 2.75) is 38.0 Å². The SMILES string of the molecule is COC(=O)C1COC2(CCC(C)C2)N1. The topological polar surface area (TPSA) is 47.6 Å². The van der Waals surface area contributed by atoms with E-state index in [9.17, 15) is 4.79 Å². The summed E-state index contributed by atoms with van der Waals surface area (Å²) in [6, 6.07) is -0.273. The zero-order valence-electron chi connectivity index (χ0n) is 8.71. The zero-order valence-corrected chi connectivity index (χ0v) is 8.71. The highest BCUT2D eigenvalue weighted by atomic mass is 16.5. The Kier molecular flexibility index (Phi) is 2.49. The van der Waals surface area contributed by atoms with Crippen molar-refractivity contribution < 1.29 is 14.3 Å². The van der Waals surface area contributed by atoms with E-state index in [4.69, 9.17) is 4.74 Å². The maximum atomic E-state index is 11.3. The van der Waals surface area contributed by atoms with Crippen molar-refractivity contribution in [1.29, 1.82) is 0 Å². The van der Waals surface area contributed by atoms with E-state index < -0.39 is 0 Å². The van der Waals surface area contributed by atoms with Crippen molar-refractivity contribution in [3.63, 3.8) is 0 Å². The van der Waals surface area contributed by atoms with Crippen molar-refractivity contribution in [3.8, 4) is 0 Å². The maximum absolute atomic E-state index is 11.3. The molecule has 4 nitrogen and oxygen atoms in total. The molecule has 1 heterocycles. The molecule has 2 rings (SSSR count). The molecule has 0 amide bonds. The molecule has 1 saturated carbocycles. The summed E-state index contributed by atoms with van der Waals surface area (Å²) in [4.78, 5) is 11.3. The average molecular weight is 199 g/mol. The highest BCUT2D eigenvalue weighted by Crippen LogP contribution is 2.38. The van der Waals surface area contributed by atoms with E-state index in [0.29, 0.717) is 12.5 Å². The Bertz CT molecular complexity index is 244. The molecule has 2 aliphatic rings. The predicted octanol–water partition coefficient (Wildman–Crippen LogP) is 0.664. The van der Waals surface area contributed by atoms with E-state index in [1.165, 1.54) is 13.5 Å². The number of carbonyl (C=O) groups excluding carboxylic acids is 1. The van der Waals surface area contributed by atoms with Crippen molar-refractivity contribution in [2.24, 2.45) is 5.92 Å². The number of nitrogens with one attached hydrogen (secondary N) is 1. The van der Waals surface area contributed by atoms with Gasteiger partial charge in [-0.25, -0.2) is 0 Å². The van der Waals surface area contributed by atoms with Gasteiger partial charge in [0.25, 0.3) is 0 Å². The predicted molar refractivity (Wildman–Crippen MR) is 50.6 cm³/mol. The van der Waals surface area contributed by atoms with Crippen LogP contribution in [-0.4, -0.2) is 31.5 Å². The molecule has 0 aromatic carbocycles. The minimum Gasteiger partial charge on any atom is -0.468 e. The molecule has 1 N–H and O–H groups in total. The van der Waals surface area contributed by atoms with E-state index >= 15 is 0 Å². The van der Waals surface area contributed by atoms with E-state index in [1.54, 1.807) is 0 Å². The van der Waals surface area contributed by atoms with Gasteiger partial charge >= 0.3 is 5.97 Å². The second kappa shape index (κ2) is 3.51. The molecule has 0 aromatic rings. The van der Waals surface area contributed by atoms with Gasteiger partial charge in [0.15, 0.2) is 0 Å². The van der Waals surface area contributed by atoms with Gasteiger partial charge in [-0.3, -0.25) is 10.1 Å². The Hall–Kier alpha value is -0.610. The second-order valence-electron chi connectivity index (χ2n) is 4.37. The molecule has 1 aliphatic heterocycles. The summed E-state index contributed by atoms with van der Waals surface area (Å²) in [7, 11) is 1.41. The van der Waals surface area contributed by atoms with Gasteiger partial charge in [-0.2, -0.15) is 0 Å². The average Bonchev–Trinajstić information content (AvgIpc) is 2.74. The smallest absolute Gasteiger partial charge is 0.325 e. The number of hydrogen-bond donors (Lipinski definition) is 1. The van der Waals surface area contributed by atoms with Gasteiger partial charge in [0.05, 0.1) is 13.7 Å². The second-order valence-corrected chi connectivity index (χ2v) is 4.37. The fourth-order valence-electron chi connectivity index (χ4n) is 2.42. The number of carbonyl (C=O) groups is 1. The first-order chi connectivity index (χ1) is 6.65. The van der Waals surface area contributed by atoms with Crippen molar-refractivity contribution >= 4 is 5.97 Å². The first-order valence-corrected chi connectivity index (χ1v) is 5.15. The van der Waals surface area contributed by atoms with Gasteiger partial charge in [-0.15, -0.1) is 0 Å². The first-order valence-electron chi connectivity index (χ1n) is 5.15. The fraction of sp³-hybridized carbons (Fsp3) is 0.900. The summed E-state index contributed by atoms with van der Waals surface area (Å²) in [5.41, 5.74) is -0.238. The van der Waals surface area contributed by atoms with E-state index in [-0.39, 0.29) is 17.7 Å². The lowest BCUT2D eigenvalue weighted by Crippen LogP contribution is -2.45. The number of esters is 1. The Morgan fingerprint density at radius 3 is 3.00 bits per heavy atom. The van der Waals surface area contributed by atoms with Crippen LogP contribution in [0.4, 0.5) is 0 Å². The highest BCUT2D eigenvalue weighted by Gasteiger charge is 2.46. The third-order valence-corrected chi connectivity index (χ3v) is 3.17. The van der Waals surface area contributed by atoms with Crippen LogP contribution in [-0.2, 0) is 14.3 Å². The van der Waals surface area contributed by atoms with Crippen LogP contribution in [0.15, 0.2) is 0 Å². The third kappa shape index (κ3) is 1.64.